The van der Waals surface area contributed by atoms with E-state index in [0.29, 0.717) is 24.2 Å². The smallest absolute Gasteiger partial charge is 0.346 e. The molecule has 2 bridgehead atoms. The van der Waals surface area contributed by atoms with Crippen LogP contribution in [0.2, 0.25) is 0 Å². The van der Waals surface area contributed by atoms with Gasteiger partial charge >= 0.3 is 17.8 Å². The largest absolute Gasteiger partial charge is 0.455 e. The Bertz CT molecular complexity index is 435. The lowest BCUT2D eigenvalue weighted by Gasteiger charge is -2.43. The first kappa shape index (κ1) is 14.1. The van der Waals surface area contributed by atoms with Crippen LogP contribution >= 0.6 is 0 Å². The van der Waals surface area contributed by atoms with Crippen LogP contribution in [0.3, 0.4) is 0 Å². The maximum absolute atomic E-state index is 13.1. The van der Waals surface area contributed by atoms with E-state index in [9.17, 15) is 22.4 Å². The van der Waals surface area contributed by atoms with Gasteiger partial charge in [-0.1, -0.05) is 13.8 Å². The number of esters is 1. The van der Waals surface area contributed by atoms with Gasteiger partial charge in [-0.25, -0.2) is 0 Å². The van der Waals surface area contributed by atoms with Crippen LogP contribution in [0.1, 0.15) is 33.1 Å². The number of hydrogen-bond acceptors (Lipinski definition) is 2. The molecule has 114 valence electrons. The molecule has 6 heteroatoms. The number of halogens is 4. The van der Waals surface area contributed by atoms with Crippen molar-refractivity contribution in [3.63, 3.8) is 0 Å². The van der Waals surface area contributed by atoms with Gasteiger partial charge in [-0.3, -0.25) is 4.79 Å². The second-order valence-electron chi connectivity index (χ2n) is 6.68. The molecule has 6 unspecified atom stereocenters. The lowest BCUT2D eigenvalue weighted by Crippen LogP contribution is -2.64. The summed E-state index contributed by atoms with van der Waals surface area (Å²) in [5.74, 6) is -7.92. The van der Waals surface area contributed by atoms with Crippen molar-refractivity contribution in [3.8, 4) is 0 Å². The molecule has 0 aromatic rings. The first-order valence-corrected chi connectivity index (χ1v) is 7.11. The summed E-state index contributed by atoms with van der Waals surface area (Å²) in [5.41, 5.74) is 0. The van der Waals surface area contributed by atoms with Crippen LogP contribution in [0.25, 0.3) is 0 Å². The molecule has 20 heavy (non-hydrogen) atoms. The summed E-state index contributed by atoms with van der Waals surface area (Å²) >= 11 is 0. The van der Waals surface area contributed by atoms with Gasteiger partial charge in [0.25, 0.3) is 0 Å². The predicted molar refractivity (Wildman–Crippen MR) is 62.4 cm³/mol. The van der Waals surface area contributed by atoms with Gasteiger partial charge in [0.05, 0.1) is 12.3 Å². The van der Waals surface area contributed by atoms with Crippen molar-refractivity contribution in [2.24, 2.45) is 29.6 Å². The van der Waals surface area contributed by atoms with E-state index >= 15 is 0 Å². The van der Waals surface area contributed by atoms with Crippen molar-refractivity contribution in [1.82, 2.24) is 0 Å². The Morgan fingerprint density at radius 1 is 1.10 bits per heavy atom. The van der Waals surface area contributed by atoms with Crippen LogP contribution in [0.5, 0.6) is 0 Å². The van der Waals surface area contributed by atoms with Crippen molar-refractivity contribution in [3.05, 3.63) is 0 Å². The highest BCUT2D eigenvalue weighted by Crippen LogP contribution is 2.57. The normalized spacial score (nSPS) is 47.9. The summed E-state index contributed by atoms with van der Waals surface area (Å²) in [6.45, 7) is 4.19. The van der Waals surface area contributed by atoms with Gasteiger partial charge in [0.15, 0.2) is 6.10 Å². The molecule has 3 fully saturated rings. The number of hydrogen-bond donors (Lipinski definition) is 0. The quantitative estimate of drug-likeness (QED) is 0.575. The number of carbonyl (C=O) groups excluding carboxylic acids is 1. The molecule has 0 heterocycles. The van der Waals surface area contributed by atoms with Gasteiger partial charge in [0.2, 0.25) is 0 Å². The van der Waals surface area contributed by atoms with Gasteiger partial charge in [0.1, 0.15) is 0 Å². The van der Waals surface area contributed by atoms with Crippen molar-refractivity contribution in [2.75, 3.05) is 0 Å². The minimum atomic E-state index is -4.22. The number of ether oxygens (including phenoxy) is 1. The maximum Gasteiger partial charge on any atom is 0.346 e. The fraction of sp³-hybridized carbons (Fsp3) is 0.929. The second kappa shape index (κ2) is 4.10. The van der Waals surface area contributed by atoms with Crippen molar-refractivity contribution in [2.45, 2.75) is 51.1 Å². The monoisotopic (exact) mass is 294 g/mol. The molecule has 3 aliphatic rings. The Kier molecular flexibility index (Phi) is 2.90. The zero-order valence-electron chi connectivity index (χ0n) is 11.4. The molecular formula is C14H18F4O2. The summed E-state index contributed by atoms with van der Waals surface area (Å²) in [7, 11) is 0. The topological polar surface area (TPSA) is 26.3 Å². The second-order valence-corrected chi connectivity index (χ2v) is 6.68. The molecule has 3 aliphatic carbocycles. The Labute approximate surface area is 114 Å². The summed E-state index contributed by atoms with van der Waals surface area (Å²) < 4.78 is 56.4. The molecule has 0 aromatic heterocycles. The van der Waals surface area contributed by atoms with Gasteiger partial charge < -0.3 is 4.74 Å². The Balaban J connectivity index is 1.62. The number of rotatable bonds is 2. The highest BCUT2D eigenvalue weighted by atomic mass is 19.3. The lowest BCUT2D eigenvalue weighted by molar-refractivity contribution is -0.334. The molecule has 3 rings (SSSR count). The zero-order chi connectivity index (χ0) is 14.9. The van der Waals surface area contributed by atoms with Crippen LogP contribution in [-0.2, 0) is 9.53 Å². The van der Waals surface area contributed by atoms with Crippen LogP contribution in [0.15, 0.2) is 0 Å². The van der Waals surface area contributed by atoms with E-state index < -0.39 is 36.3 Å². The van der Waals surface area contributed by atoms with Crippen LogP contribution in [0.4, 0.5) is 17.6 Å². The average molecular weight is 294 g/mol. The first-order chi connectivity index (χ1) is 9.15. The van der Waals surface area contributed by atoms with Crippen molar-refractivity contribution >= 4 is 5.97 Å². The van der Waals surface area contributed by atoms with Gasteiger partial charge in [-0.15, -0.1) is 0 Å². The number of carbonyl (C=O) groups is 1. The fourth-order valence-corrected chi connectivity index (χ4v) is 4.16. The average Bonchev–Trinajstić information content (AvgIpc) is 2.90. The third-order valence-electron chi connectivity index (χ3n) is 5.79. The molecule has 3 saturated carbocycles. The van der Waals surface area contributed by atoms with Gasteiger partial charge in [0, 0.05) is 0 Å². The fourth-order valence-electron chi connectivity index (χ4n) is 4.16. The number of alkyl halides is 4. The van der Waals surface area contributed by atoms with E-state index in [1.807, 2.05) is 0 Å². The minimum Gasteiger partial charge on any atom is -0.455 e. The summed E-state index contributed by atoms with van der Waals surface area (Å²) in [6, 6.07) is 0. The van der Waals surface area contributed by atoms with Crippen molar-refractivity contribution in [1.29, 1.82) is 0 Å². The minimum absolute atomic E-state index is 0.150. The standard InChI is InChI=1S/C14H18F4O2/c1-6-7(2)9-3-8(6)4-10(9)12(19)20-11-5-13(15,16)14(11,17)18/h6-11H,3-5H2,1-2H3. The van der Waals surface area contributed by atoms with Crippen molar-refractivity contribution < 1.29 is 27.1 Å². The number of fused-ring (bicyclic) bond motifs is 2. The van der Waals surface area contributed by atoms with E-state index in [2.05, 4.69) is 18.6 Å². The van der Waals surface area contributed by atoms with E-state index in [1.165, 1.54) is 0 Å². The van der Waals surface area contributed by atoms with E-state index in [0.717, 1.165) is 6.42 Å². The molecule has 0 spiro atoms. The molecule has 0 amide bonds. The van der Waals surface area contributed by atoms with Crippen LogP contribution < -0.4 is 0 Å². The van der Waals surface area contributed by atoms with E-state index in [4.69, 9.17) is 0 Å². The molecule has 0 radical (unpaired) electrons. The third kappa shape index (κ3) is 1.72. The predicted octanol–water partition coefficient (Wildman–Crippen LogP) is 3.50. The molecule has 0 N–H and O–H groups in total. The highest BCUT2D eigenvalue weighted by Gasteiger charge is 2.74. The lowest BCUT2D eigenvalue weighted by atomic mass is 9.75. The molecule has 0 saturated heterocycles. The molecule has 6 atom stereocenters. The zero-order valence-corrected chi connectivity index (χ0v) is 11.4. The molecule has 2 nitrogen and oxygen atoms in total. The SMILES string of the molecule is CC1C2CC(C(=O)OC3CC(F)(F)C3(F)F)C(C2)C1C. The van der Waals surface area contributed by atoms with Crippen LogP contribution in [-0.4, -0.2) is 23.9 Å². The Morgan fingerprint density at radius 2 is 1.75 bits per heavy atom. The third-order valence-corrected chi connectivity index (χ3v) is 5.79. The summed E-state index contributed by atoms with van der Waals surface area (Å²) in [4.78, 5) is 12.0. The molecule has 0 aliphatic heterocycles. The highest BCUT2D eigenvalue weighted by molar-refractivity contribution is 5.74. The Hall–Kier alpha value is -0.810. The van der Waals surface area contributed by atoms with E-state index in [1.54, 1.807) is 0 Å². The first-order valence-electron chi connectivity index (χ1n) is 7.11. The van der Waals surface area contributed by atoms with E-state index in [-0.39, 0.29) is 5.92 Å². The van der Waals surface area contributed by atoms with Crippen LogP contribution in [0, 0.1) is 29.6 Å². The maximum atomic E-state index is 13.1. The Morgan fingerprint density at radius 3 is 2.20 bits per heavy atom. The molecule has 0 aromatic carbocycles. The van der Waals surface area contributed by atoms with Gasteiger partial charge in [-0.05, 0) is 36.5 Å². The summed E-state index contributed by atoms with van der Waals surface area (Å²) in [6.07, 6.45) is -1.47. The summed E-state index contributed by atoms with van der Waals surface area (Å²) in [5, 5.41) is 0. The molecular weight excluding hydrogens is 276 g/mol. The van der Waals surface area contributed by atoms with Gasteiger partial charge in [-0.2, -0.15) is 17.6 Å².